The van der Waals surface area contributed by atoms with E-state index in [1.54, 1.807) is 0 Å². The van der Waals surface area contributed by atoms with Gasteiger partial charge in [0.15, 0.2) is 0 Å². The maximum absolute atomic E-state index is 6.13. The summed E-state index contributed by atoms with van der Waals surface area (Å²) in [6.07, 6.45) is 0. The van der Waals surface area contributed by atoms with Crippen LogP contribution in [0, 0.1) is 0 Å². The molecule has 0 amide bonds. The highest BCUT2D eigenvalue weighted by molar-refractivity contribution is 6.62. The van der Waals surface area contributed by atoms with Crippen LogP contribution < -0.4 is 5.46 Å². The lowest BCUT2D eigenvalue weighted by atomic mass is 9.76. The minimum absolute atomic E-state index is 0.327. The molecule has 0 radical (unpaired) electrons. The van der Waals surface area contributed by atoms with Crippen LogP contribution in [0.3, 0.4) is 0 Å². The van der Waals surface area contributed by atoms with E-state index in [-0.39, 0.29) is 18.3 Å². The number of hydrogen-bond acceptors (Lipinski definition) is 3. The van der Waals surface area contributed by atoms with E-state index in [0.29, 0.717) is 0 Å². The smallest absolute Gasteiger partial charge is 0.399 e. The molecule has 1 fully saturated rings. The lowest BCUT2D eigenvalue weighted by Gasteiger charge is -2.32. The average Bonchev–Trinajstić information content (AvgIpc) is 2.46. The molecular formula is C15H23BClNO2. The highest BCUT2D eigenvalue weighted by Crippen LogP contribution is 2.36. The fourth-order valence-electron chi connectivity index (χ4n) is 2.25. The van der Waals surface area contributed by atoms with Crippen molar-refractivity contribution in [3.63, 3.8) is 0 Å². The molecule has 0 bridgehead atoms. The first-order valence-electron chi connectivity index (χ1n) is 6.91. The molecule has 0 atom stereocenters. The molecule has 1 heterocycles. The van der Waals surface area contributed by atoms with Crippen molar-refractivity contribution >= 4 is 24.2 Å². The molecule has 20 heavy (non-hydrogen) atoms. The third kappa shape index (κ3) is 3.04. The molecule has 0 N–H and O–H groups in total. The summed E-state index contributed by atoms with van der Waals surface area (Å²) in [6, 6.07) is 5.88. The van der Waals surface area contributed by atoms with Crippen LogP contribution in [-0.2, 0) is 15.9 Å². The van der Waals surface area contributed by atoms with Gasteiger partial charge in [-0.1, -0.05) is 17.7 Å². The second-order valence-electron chi connectivity index (χ2n) is 6.67. The van der Waals surface area contributed by atoms with Crippen LogP contribution in [0.5, 0.6) is 0 Å². The molecule has 1 aromatic rings. The first kappa shape index (κ1) is 15.8. The number of rotatable bonds is 3. The summed E-state index contributed by atoms with van der Waals surface area (Å²) in [6.45, 7) is 9.06. The van der Waals surface area contributed by atoms with Gasteiger partial charge in [-0.3, -0.25) is 0 Å². The summed E-state index contributed by atoms with van der Waals surface area (Å²) in [5, 5.41) is 0.738. The highest BCUT2D eigenvalue weighted by Gasteiger charge is 2.52. The predicted octanol–water partition coefficient (Wildman–Crippen LogP) is 2.70. The van der Waals surface area contributed by atoms with Gasteiger partial charge in [0.25, 0.3) is 0 Å². The minimum Gasteiger partial charge on any atom is -0.399 e. The normalized spacial score (nSPS) is 20.7. The molecule has 0 unspecified atom stereocenters. The third-order valence-corrected chi connectivity index (χ3v) is 4.33. The van der Waals surface area contributed by atoms with E-state index in [2.05, 4.69) is 32.6 Å². The van der Waals surface area contributed by atoms with Crippen LogP contribution in [0.15, 0.2) is 18.2 Å². The van der Waals surface area contributed by atoms with Gasteiger partial charge in [0, 0.05) is 11.6 Å². The fourth-order valence-corrected chi connectivity index (χ4v) is 2.45. The van der Waals surface area contributed by atoms with Crippen LogP contribution in [0.1, 0.15) is 33.3 Å². The molecule has 1 aliphatic rings. The van der Waals surface area contributed by atoms with Gasteiger partial charge in [-0.2, -0.15) is 0 Å². The Balaban J connectivity index is 2.34. The zero-order valence-corrected chi connectivity index (χ0v) is 13.9. The van der Waals surface area contributed by atoms with E-state index >= 15 is 0 Å². The summed E-state index contributed by atoms with van der Waals surface area (Å²) >= 11 is 6.12. The van der Waals surface area contributed by atoms with Crippen molar-refractivity contribution in [1.82, 2.24) is 4.90 Å². The van der Waals surface area contributed by atoms with E-state index in [9.17, 15) is 0 Å². The molecule has 0 aliphatic carbocycles. The Morgan fingerprint density at radius 3 is 2.15 bits per heavy atom. The van der Waals surface area contributed by atoms with E-state index in [1.165, 1.54) is 0 Å². The Kier molecular flexibility index (Phi) is 4.23. The van der Waals surface area contributed by atoms with Crippen LogP contribution in [-0.4, -0.2) is 37.3 Å². The summed E-state index contributed by atoms with van der Waals surface area (Å²) < 4.78 is 12.3. The van der Waals surface area contributed by atoms with Gasteiger partial charge in [-0.25, -0.2) is 0 Å². The first-order chi connectivity index (χ1) is 9.12. The molecular weight excluding hydrogens is 272 g/mol. The van der Waals surface area contributed by atoms with Crippen LogP contribution in [0.25, 0.3) is 0 Å². The van der Waals surface area contributed by atoms with Gasteiger partial charge in [0.05, 0.1) is 11.2 Å². The van der Waals surface area contributed by atoms with Gasteiger partial charge in [0.2, 0.25) is 0 Å². The molecule has 1 aromatic carbocycles. The van der Waals surface area contributed by atoms with Crippen LogP contribution >= 0.6 is 11.6 Å². The van der Waals surface area contributed by atoms with Crippen molar-refractivity contribution in [3.05, 3.63) is 28.8 Å². The zero-order valence-electron chi connectivity index (χ0n) is 13.2. The monoisotopic (exact) mass is 295 g/mol. The first-order valence-corrected chi connectivity index (χ1v) is 7.29. The van der Waals surface area contributed by atoms with Gasteiger partial charge in [-0.05, 0) is 64.9 Å². The largest absolute Gasteiger partial charge is 0.495 e. The Morgan fingerprint density at radius 2 is 1.65 bits per heavy atom. The molecule has 2 rings (SSSR count). The zero-order chi connectivity index (χ0) is 15.1. The van der Waals surface area contributed by atoms with Crippen molar-refractivity contribution in [2.45, 2.75) is 45.4 Å². The van der Waals surface area contributed by atoms with Crippen molar-refractivity contribution < 1.29 is 9.31 Å². The second-order valence-corrected chi connectivity index (χ2v) is 7.11. The lowest BCUT2D eigenvalue weighted by molar-refractivity contribution is 0.00578. The molecule has 0 spiro atoms. The Morgan fingerprint density at radius 1 is 1.10 bits per heavy atom. The molecule has 0 saturated carbocycles. The van der Waals surface area contributed by atoms with E-state index in [4.69, 9.17) is 20.9 Å². The van der Waals surface area contributed by atoms with E-state index < -0.39 is 0 Å². The Labute approximate surface area is 127 Å². The SMILES string of the molecule is CN(C)Cc1cc(Cl)ccc1B1OC(C)(C)C(C)(C)O1. The topological polar surface area (TPSA) is 21.7 Å². The highest BCUT2D eigenvalue weighted by atomic mass is 35.5. The van der Waals surface area contributed by atoms with Crippen molar-refractivity contribution in [2.75, 3.05) is 14.1 Å². The fraction of sp³-hybridized carbons (Fsp3) is 0.600. The van der Waals surface area contributed by atoms with Crippen molar-refractivity contribution in [3.8, 4) is 0 Å². The van der Waals surface area contributed by atoms with Crippen molar-refractivity contribution in [2.24, 2.45) is 0 Å². The Hall–Kier alpha value is -0.545. The number of hydrogen-bond donors (Lipinski definition) is 0. The summed E-state index contributed by atoms with van der Waals surface area (Å²) in [5.41, 5.74) is 1.54. The van der Waals surface area contributed by atoms with Crippen LogP contribution in [0.4, 0.5) is 0 Å². The number of nitrogens with zero attached hydrogens (tertiary/aromatic N) is 1. The minimum atomic E-state index is -0.341. The van der Waals surface area contributed by atoms with Gasteiger partial charge >= 0.3 is 7.12 Å². The van der Waals surface area contributed by atoms with Gasteiger partial charge in [0.1, 0.15) is 0 Å². The maximum atomic E-state index is 6.13. The lowest BCUT2D eigenvalue weighted by Crippen LogP contribution is -2.41. The molecule has 1 saturated heterocycles. The predicted molar refractivity (Wildman–Crippen MR) is 84.6 cm³/mol. The Bertz CT molecular complexity index is 487. The van der Waals surface area contributed by atoms with Gasteiger partial charge < -0.3 is 14.2 Å². The molecule has 0 aromatic heterocycles. The summed E-state index contributed by atoms with van der Waals surface area (Å²) in [7, 11) is 3.73. The summed E-state index contributed by atoms with van der Waals surface area (Å²) in [4.78, 5) is 2.11. The average molecular weight is 296 g/mol. The number of benzene rings is 1. The number of halogens is 1. The maximum Gasteiger partial charge on any atom is 0.495 e. The van der Waals surface area contributed by atoms with E-state index in [1.807, 2.05) is 32.3 Å². The second kappa shape index (κ2) is 5.34. The molecule has 1 aliphatic heterocycles. The molecule has 110 valence electrons. The molecule has 3 nitrogen and oxygen atoms in total. The quantitative estimate of drug-likeness (QED) is 0.800. The van der Waals surface area contributed by atoms with Gasteiger partial charge in [-0.15, -0.1) is 0 Å². The van der Waals surface area contributed by atoms with Crippen LogP contribution in [0.2, 0.25) is 5.02 Å². The summed E-state index contributed by atoms with van der Waals surface area (Å²) in [5.74, 6) is 0. The van der Waals surface area contributed by atoms with Crippen molar-refractivity contribution in [1.29, 1.82) is 0 Å². The van der Waals surface area contributed by atoms with E-state index in [0.717, 1.165) is 22.6 Å². The standard InChI is InChI=1S/C15H23BClNO2/c1-14(2)15(3,4)20-16(19-14)13-8-7-12(17)9-11(13)10-18(5)6/h7-9H,10H2,1-6H3. The molecule has 5 heteroatoms. The third-order valence-electron chi connectivity index (χ3n) is 4.10.